The summed E-state index contributed by atoms with van der Waals surface area (Å²) in [5, 5.41) is 2.88. The lowest BCUT2D eigenvalue weighted by molar-refractivity contribution is -0.123. The number of carbonyl (C=O) groups is 1. The summed E-state index contributed by atoms with van der Waals surface area (Å²) in [6, 6.07) is 1.47. The highest BCUT2D eigenvalue weighted by Gasteiger charge is 2.21. The van der Waals surface area contributed by atoms with Gasteiger partial charge >= 0.3 is 0 Å². The molecule has 0 aromatic carbocycles. The Bertz CT molecular complexity index is 628. The first-order valence-corrected chi connectivity index (χ1v) is 7.77. The number of nitrogens with zero attached hydrogens (tertiary/aromatic N) is 3. The number of halogens is 2. The van der Waals surface area contributed by atoms with E-state index >= 15 is 0 Å². The van der Waals surface area contributed by atoms with Gasteiger partial charge in [-0.3, -0.25) is 9.36 Å². The molecule has 5 nitrogen and oxygen atoms in total. The van der Waals surface area contributed by atoms with E-state index < -0.39 is 6.04 Å². The molecule has 0 fully saturated rings. The predicted molar refractivity (Wildman–Crippen MR) is 82.8 cm³/mol. The second kappa shape index (κ2) is 6.54. The van der Waals surface area contributed by atoms with E-state index in [1.807, 2.05) is 19.9 Å². The van der Waals surface area contributed by atoms with E-state index in [0.717, 1.165) is 16.4 Å². The van der Waals surface area contributed by atoms with Crippen molar-refractivity contribution < 1.29 is 4.79 Å². The third-order valence-corrected chi connectivity index (χ3v) is 3.68. The van der Waals surface area contributed by atoms with E-state index in [1.165, 1.54) is 0 Å². The molecule has 0 saturated heterocycles. The number of carbonyl (C=O) groups excluding carboxylic acids is 1. The van der Waals surface area contributed by atoms with E-state index in [4.69, 9.17) is 11.6 Å². The first kappa shape index (κ1) is 15.3. The lowest BCUT2D eigenvalue weighted by Crippen LogP contribution is -2.32. The topological polar surface area (TPSA) is 59.8 Å². The standard InChI is InChI=1S/C13H16BrClN4O/c1-3-4-16-13(20)8(2)19-11(6-15)18-10-5-9(14)7-17-12(10)19/h5,7-8H,3-4,6H2,1-2H3,(H,16,20). The molecular weight excluding hydrogens is 344 g/mol. The van der Waals surface area contributed by atoms with Gasteiger partial charge in [-0.25, -0.2) is 9.97 Å². The molecular formula is C13H16BrClN4O. The van der Waals surface area contributed by atoms with Crippen LogP contribution in [0.3, 0.4) is 0 Å². The third-order valence-electron chi connectivity index (χ3n) is 3.01. The average molecular weight is 360 g/mol. The van der Waals surface area contributed by atoms with Crippen LogP contribution in [0.1, 0.15) is 32.1 Å². The first-order chi connectivity index (χ1) is 9.58. The molecule has 7 heteroatoms. The van der Waals surface area contributed by atoms with Crippen LogP contribution in [0.2, 0.25) is 0 Å². The fourth-order valence-electron chi connectivity index (χ4n) is 2.02. The molecule has 1 unspecified atom stereocenters. The van der Waals surface area contributed by atoms with Gasteiger partial charge in [-0.1, -0.05) is 6.92 Å². The highest BCUT2D eigenvalue weighted by molar-refractivity contribution is 9.10. The number of hydrogen-bond acceptors (Lipinski definition) is 3. The van der Waals surface area contributed by atoms with Crippen molar-refractivity contribution in [3.05, 3.63) is 22.6 Å². The number of amides is 1. The molecule has 0 aliphatic rings. The second-order valence-electron chi connectivity index (χ2n) is 4.49. The molecule has 108 valence electrons. The van der Waals surface area contributed by atoms with Crippen LogP contribution in [0.4, 0.5) is 0 Å². The van der Waals surface area contributed by atoms with Crippen molar-refractivity contribution in [2.45, 2.75) is 32.2 Å². The molecule has 2 rings (SSSR count). The maximum Gasteiger partial charge on any atom is 0.242 e. The fourth-order valence-corrected chi connectivity index (χ4v) is 2.53. The summed E-state index contributed by atoms with van der Waals surface area (Å²) >= 11 is 9.31. The van der Waals surface area contributed by atoms with E-state index in [9.17, 15) is 4.79 Å². The van der Waals surface area contributed by atoms with Gasteiger partial charge in [0.1, 0.15) is 17.4 Å². The number of alkyl halides is 1. The Morgan fingerprint density at radius 2 is 2.35 bits per heavy atom. The Balaban J connectivity index is 2.43. The van der Waals surface area contributed by atoms with Crippen molar-refractivity contribution in [2.75, 3.05) is 6.54 Å². The molecule has 20 heavy (non-hydrogen) atoms. The van der Waals surface area contributed by atoms with Gasteiger partial charge in [-0.05, 0) is 35.3 Å². The van der Waals surface area contributed by atoms with E-state index in [-0.39, 0.29) is 11.8 Å². The highest BCUT2D eigenvalue weighted by Crippen LogP contribution is 2.23. The maximum absolute atomic E-state index is 12.1. The van der Waals surface area contributed by atoms with Crippen LogP contribution in [-0.2, 0) is 10.7 Å². The van der Waals surface area contributed by atoms with Crippen molar-refractivity contribution >= 4 is 44.6 Å². The van der Waals surface area contributed by atoms with Gasteiger partial charge in [-0.2, -0.15) is 0 Å². The molecule has 2 aromatic heterocycles. The monoisotopic (exact) mass is 358 g/mol. The Labute approximate surface area is 130 Å². The lowest BCUT2D eigenvalue weighted by atomic mass is 10.3. The molecule has 1 amide bonds. The number of pyridine rings is 1. The minimum Gasteiger partial charge on any atom is -0.354 e. The van der Waals surface area contributed by atoms with E-state index in [1.54, 1.807) is 10.8 Å². The molecule has 0 spiro atoms. The quantitative estimate of drug-likeness (QED) is 0.835. The van der Waals surface area contributed by atoms with Gasteiger partial charge in [0.2, 0.25) is 5.91 Å². The van der Waals surface area contributed by atoms with Crippen LogP contribution in [0, 0.1) is 0 Å². The third kappa shape index (κ3) is 2.96. The summed E-state index contributed by atoms with van der Waals surface area (Å²) in [5.41, 5.74) is 1.40. The zero-order chi connectivity index (χ0) is 14.7. The summed E-state index contributed by atoms with van der Waals surface area (Å²) in [4.78, 5) is 20.9. The number of aromatic nitrogens is 3. The van der Waals surface area contributed by atoms with Crippen LogP contribution in [0.5, 0.6) is 0 Å². The Kier molecular flexibility index (Phi) is 4.99. The Morgan fingerprint density at radius 3 is 3.00 bits per heavy atom. The summed E-state index contributed by atoms with van der Waals surface area (Å²) in [5.74, 6) is 0.827. The number of hydrogen-bond donors (Lipinski definition) is 1. The van der Waals surface area contributed by atoms with Crippen molar-refractivity contribution in [3.8, 4) is 0 Å². The predicted octanol–water partition coefficient (Wildman–Crippen LogP) is 3.02. The van der Waals surface area contributed by atoms with Crippen molar-refractivity contribution in [1.82, 2.24) is 19.9 Å². The lowest BCUT2D eigenvalue weighted by Gasteiger charge is -2.16. The van der Waals surface area contributed by atoms with Crippen LogP contribution in [0.15, 0.2) is 16.7 Å². The van der Waals surface area contributed by atoms with Gasteiger partial charge < -0.3 is 5.32 Å². The minimum atomic E-state index is -0.394. The van der Waals surface area contributed by atoms with E-state index in [0.29, 0.717) is 18.0 Å². The van der Waals surface area contributed by atoms with Crippen molar-refractivity contribution in [3.63, 3.8) is 0 Å². The normalized spacial score (nSPS) is 12.6. The van der Waals surface area contributed by atoms with Crippen molar-refractivity contribution in [1.29, 1.82) is 0 Å². The molecule has 1 N–H and O–H groups in total. The molecule has 0 aliphatic carbocycles. The van der Waals surface area contributed by atoms with Gasteiger partial charge in [0, 0.05) is 17.2 Å². The molecule has 1 atom stereocenters. The molecule has 0 radical (unpaired) electrons. The molecule has 2 heterocycles. The van der Waals surface area contributed by atoms with Crippen LogP contribution in [-0.4, -0.2) is 27.0 Å². The minimum absolute atomic E-state index is 0.0535. The largest absolute Gasteiger partial charge is 0.354 e. The van der Waals surface area contributed by atoms with E-state index in [2.05, 4.69) is 31.2 Å². The van der Waals surface area contributed by atoms with Crippen molar-refractivity contribution in [2.24, 2.45) is 0 Å². The molecule has 2 aromatic rings. The highest BCUT2D eigenvalue weighted by atomic mass is 79.9. The average Bonchev–Trinajstić information content (AvgIpc) is 2.81. The van der Waals surface area contributed by atoms with Crippen LogP contribution in [0.25, 0.3) is 11.2 Å². The number of rotatable bonds is 5. The van der Waals surface area contributed by atoms with Gasteiger partial charge in [0.25, 0.3) is 0 Å². The first-order valence-electron chi connectivity index (χ1n) is 6.44. The fraction of sp³-hybridized carbons (Fsp3) is 0.462. The summed E-state index contributed by atoms with van der Waals surface area (Å²) in [6.45, 7) is 4.50. The van der Waals surface area contributed by atoms with Crippen LogP contribution < -0.4 is 5.32 Å². The smallest absolute Gasteiger partial charge is 0.242 e. The zero-order valence-corrected chi connectivity index (χ0v) is 13.7. The molecule has 0 aliphatic heterocycles. The zero-order valence-electron chi connectivity index (χ0n) is 11.4. The summed E-state index contributed by atoms with van der Waals surface area (Å²) in [7, 11) is 0. The molecule has 0 saturated carbocycles. The van der Waals surface area contributed by atoms with Gasteiger partial charge in [0.15, 0.2) is 5.65 Å². The van der Waals surface area contributed by atoms with Crippen LogP contribution >= 0.6 is 27.5 Å². The maximum atomic E-state index is 12.1. The van der Waals surface area contributed by atoms with Gasteiger partial charge in [-0.15, -0.1) is 11.6 Å². The SMILES string of the molecule is CCCNC(=O)C(C)n1c(CCl)nc2cc(Br)cnc21. The number of nitrogens with one attached hydrogen (secondary N) is 1. The Hall–Kier alpha value is -1.14. The van der Waals surface area contributed by atoms with Gasteiger partial charge in [0.05, 0.1) is 5.88 Å². The second-order valence-corrected chi connectivity index (χ2v) is 5.68. The summed E-state index contributed by atoms with van der Waals surface area (Å²) in [6.07, 6.45) is 2.59. The summed E-state index contributed by atoms with van der Waals surface area (Å²) < 4.78 is 2.64. The Morgan fingerprint density at radius 1 is 1.60 bits per heavy atom. The number of fused-ring (bicyclic) bond motifs is 1. The molecule has 0 bridgehead atoms. The number of imidazole rings is 1.